The van der Waals surface area contributed by atoms with E-state index in [-0.39, 0.29) is 24.8 Å². The first-order valence-corrected chi connectivity index (χ1v) is 13.1. The number of nitrogens with zero attached hydrogens (tertiary/aromatic N) is 1. The molecular formula is C29H38N4O5. The van der Waals surface area contributed by atoms with Crippen molar-refractivity contribution in [2.75, 3.05) is 33.4 Å². The molecule has 0 aromatic heterocycles. The molecule has 0 radical (unpaired) electrons. The number of hydrogen-bond acceptors (Lipinski definition) is 6. The van der Waals surface area contributed by atoms with E-state index >= 15 is 0 Å². The molecule has 4 N–H and O–H groups in total. The van der Waals surface area contributed by atoms with Gasteiger partial charge in [-0.15, -0.1) is 0 Å². The highest BCUT2D eigenvalue weighted by atomic mass is 16.5. The number of likely N-dealkylation sites (N-methyl/N-ethyl adjacent to an activating group) is 1. The van der Waals surface area contributed by atoms with E-state index in [1.165, 1.54) is 11.9 Å². The lowest BCUT2D eigenvalue weighted by atomic mass is 10.0. The topological polar surface area (TPSA) is 120 Å². The van der Waals surface area contributed by atoms with Crippen molar-refractivity contribution in [3.8, 4) is 5.75 Å². The second-order valence-corrected chi connectivity index (χ2v) is 9.23. The zero-order valence-electron chi connectivity index (χ0n) is 22.1. The van der Waals surface area contributed by atoms with Gasteiger partial charge in [0.15, 0.2) is 0 Å². The summed E-state index contributed by atoms with van der Waals surface area (Å²) in [6, 6.07) is 14.4. The highest BCUT2D eigenvalue weighted by Gasteiger charge is 2.32. The fourth-order valence-corrected chi connectivity index (χ4v) is 4.32. The van der Waals surface area contributed by atoms with Crippen molar-refractivity contribution in [1.82, 2.24) is 20.9 Å². The minimum Gasteiger partial charge on any atom is -0.492 e. The molecule has 2 aromatic carbocycles. The third-order valence-corrected chi connectivity index (χ3v) is 6.44. The monoisotopic (exact) mass is 522 g/mol. The molecule has 0 saturated carbocycles. The number of carbonyl (C=O) groups is 3. The van der Waals surface area contributed by atoms with E-state index < -0.39 is 30.6 Å². The average Bonchev–Trinajstić information content (AvgIpc) is 2.93. The largest absolute Gasteiger partial charge is 0.492 e. The molecule has 0 fully saturated rings. The summed E-state index contributed by atoms with van der Waals surface area (Å²) >= 11 is 0. The number of amides is 3. The summed E-state index contributed by atoms with van der Waals surface area (Å²) < 4.78 is 5.96. The predicted octanol–water partition coefficient (Wildman–Crippen LogP) is 1.51. The summed E-state index contributed by atoms with van der Waals surface area (Å²) in [5.41, 5.74) is 1.73. The molecular weight excluding hydrogens is 484 g/mol. The Morgan fingerprint density at radius 1 is 1.00 bits per heavy atom. The predicted molar refractivity (Wildman–Crippen MR) is 146 cm³/mol. The molecule has 1 unspecified atom stereocenters. The van der Waals surface area contributed by atoms with Gasteiger partial charge < -0.3 is 30.7 Å². The highest BCUT2D eigenvalue weighted by Crippen LogP contribution is 2.19. The van der Waals surface area contributed by atoms with Crippen LogP contribution < -0.4 is 20.7 Å². The number of ether oxygens (including phenoxy) is 1. The van der Waals surface area contributed by atoms with Crippen LogP contribution in [0.25, 0.3) is 6.08 Å². The molecule has 1 aliphatic heterocycles. The Bertz CT molecular complexity index is 1090. The van der Waals surface area contributed by atoms with E-state index in [0.29, 0.717) is 25.3 Å². The first-order chi connectivity index (χ1) is 18.4. The van der Waals surface area contributed by atoms with Gasteiger partial charge in [0.1, 0.15) is 24.4 Å². The molecule has 0 aliphatic carbocycles. The second-order valence-electron chi connectivity index (χ2n) is 9.23. The molecule has 0 bridgehead atoms. The van der Waals surface area contributed by atoms with Crippen molar-refractivity contribution in [1.29, 1.82) is 0 Å². The van der Waals surface area contributed by atoms with Crippen molar-refractivity contribution in [3.05, 3.63) is 71.8 Å². The van der Waals surface area contributed by atoms with Crippen molar-refractivity contribution >= 4 is 23.8 Å². The third kappa shape index (κ3) is 8.16. The van der Waals surface area contributed by atoms with Gasteiger partial charge in [0.2, 0.25) is 17.7 Å². The lowest BCUT2D eigenvalue weighted by Gasteiger charge is -2.31. The van der Waals surface area contributed by atoms with Crippen molar-refractivity contribution in [2.45, 2.75) is 44.3 Å². The van der Waals surface area contributed by atoms with Crippen LogP contribution in [0.15, 0.2) is 60.7 Å². The molecule has 3 amide bonds. The molecule has 3 atom stereocenters. The number of para-hydroxylation sites is 1. The smallest absolute Gasteiger partial charge is 0.245 e. The van der Waals surface area contributed by atoms with E-state index in [2.05, 4.69) is 16.0 Å². The Balaban J connectivity index is 1.89. The van der Waals surface area contributed by atoms with Gasteiger partial charge in [0, 0.05) is 32.1 Å². The number of carbonyl (C=O) groups excluding carboxylic acids is 3. The van der Waals surface area contributed by atoms with E-state index in [9.17, 15) is 19.5 Å². The molecule has 0 saturated heterocycles. The van der Waals surface area contributed by atoms with Gasteiger partial charge in [-0.1, -0.05) is 74.0 Å². The Morgan fingerprint density at radius 3 is 2.47 bits per heavy atom. The van der Waals surface area contributed by atoms with Crippen LogP contribution in [0.3, 0.4) is 0 Å². The summed E-state index contributed by atoms with van der Waals surface area (Å²) in [5, 5.41) is 18.9. The number of nitrogens with one attached hydrogen (secondary N) is 3. The van der Waals surface area contributed by atoms with Gasteiger partial charge in [-0.3, -0.25) is 14.4 Å². The number of hydrogen-bond donors (Lipinski definition) is 4. The summed E-state index contributed by atoms with van der Waals surface area (Å²) in [7, 11) is 1.50. The Labute approximate surface area is 224 Å². The van der Waals surface area contributed by atoms with Gasteiger partial charge in [0.05, 0.1) is 12.6 Å². The lowest BCUT2D eigenvalue weighted by Crippen LogP contribution is -2.58. The molecule has 38 heavy (non-hydrogen) atoms. The number of aliphatic hydroxyl groups excluding tert-OH is 1. The standard InChI is InChI=1S/C29H38N4O5/c1-3-10-23-29(37)33(2)25(20-34)28(36)32-24(19-21-11-5-4-6-12-21)27(35)31-16-9-14-22-13-7-8-15-26(22)38-18-17-30-23/h4-9,11-15,23-25,30,34H,3,10,16-20H2,1-2H3,(H,31,35)(H,32,36)/b14-9+/t23?,24-,25+/m1/s1. The maximum atomic E-state index is 13.3. The minimum atomic E-state index is -1.14. The van der Waals surface area contributed by atoms with Crippen molar-refractivity contribution in [3.63, 3.8) is 0 Å². The summed E-state index contributed by atoms with van der Waals surface area (Å²) in [6.45, 7) is 2.41. The molecule has 9 heteroatoms. The number of aliphatic hydroxyl groups is 1. The van der Waals surface area contributed by atoms with Gasteiger partial charge in [-0.05, 0) is 18.1 Å². The third-order valence-electron chi connectivity index (χ3n) is 6.44. The van der Waals surface area contributed by atoms with Gasteiger partial charge >= 0.3 is 0 Å². The molecule has 0 spiro atoms. The van der Waals surface area contributed by atoms with Crippen LogP contribution in [0.1, 0.15) is 30.9 Å². The van der Waals surface area contributed by atoms with E-state index in [0.717, 1.165) is 17.5 Å². The molecule has 1 heterocycles. The number of rotatable bonds is 5. The fourth-order valence-electron chi connectivity index (χ4n) is 4.32. The number of fused-ring (bicyclic) bond motifs is 1. The molecule has 1 aliphatic rings. The Morgan fingerprint density at radius 2 is 1.74 bits per heavy atom. The zero-order valence-corrected chi connectivity index (χ0v) is 22.1. The fraction of sp³-hybridized carbons (Fsp3) is 0.414. The van der Waals surface area contributed by atoms with Crippen molar-refractivity contribution in [2.24, 2.45) is 0 Å². The summed E-state index contributed by atoms with van der Waals surface area (Å²) in [4.78, 5) is 41.0. The Kier molecular flexibility index (Phi) is 11.3. The Hall–Kier alpha value is -3.69. The van der Waals surface area contributed by atoms with Crippen molar-refractivity contribution < 1.29 is 24.2 Å². The molecule has 9 nitrogen and oxygen atoms in total. The lowest BCUT2D eigenvalue weighted by molar-refractivity contribution is -0.143. The van der Waals surface area contributed by atoms with Crippen LogP contribution in [0.5, 0.6) is 5.75 Å². The van der Waals surface area contributed by atoms with E-state index in [1.807, 2.05) is 73.7 Å². The maximum Gasteiger partial charge on any atom is 0.245 e. The van der Waals surface area contributed by atoms with Gasteiger partial charge in [-0.25, -0.2) is 0 Å². The quantitative estimate of drug-likeness (QED) is 0.473. The van der Waals surface area contributed by atoms with Crippen LogP contribution in [-0.4, -0.2) is 79.2 Å². The first-order valence-electron chi connectivity index (χ1n) is 13.1. The van der Waals surface area contributed by atoms with Crippen LogP contribution in [0, 0.1) is 0 Å². The normalized spacial score (nSPS) is 22.8. The SMILES string of the molecule is CCCC1NCCOc2ccccc2/C=C/CNC(=O)[C@@H](Cc2ccccc2)NC(=O)[C@H](CO)N(C)C1=O. The van der Waals surface area contributed by atoms with Gasteiger partial charge in [-0.2, -0.15) is 0 Å². The summed E-state index contributed by atoms with van der Waals surface area (Å²) in [5.74, 6) is -0.574. The number of benzene rings is 2. The van der Waals surface area contributed by atoms with E-state index in [4.69, 9.17) is 4.74 Å². The van der Waals surface area contributed by atoms with E-state index in [1.54, 1.807) is 0 Å². The van der Waals surface area contributed by atoms with Crippen LogP contribution in [0.2, 0.25) is 0 Å². The average molecular weight is 523 g/mol. The zero-order chi connectivity index (χ0) is 27.3. The highest BCUT2D eigenvalue weighted by molar-refractivity contribution is 5.93. The minimum absolute atomic E-state index is 0.246. The molecule has 204 valence electrons. The van der Waals surface area contributed by atoms with Crippen LogP contribution in [-0.2, 0) is 20.8 Å². The second kappa shape index (κ2) is 14.9. The molecule has 2 aromatic rings. The maximum absolute atomic E-state index is 13.3. The molecule has 3 rings (SSSR count). The summed E-state index contributed by atoms with van der Waals surface area (Å²) in [6.07, 6.45) is 5.26. The van der Waals surface area contributed by atoms with Gasteiger partial charge in [0.25, 0.3) is 0 Å². The van der Waals surface area contributed by atoms with Crippen LogP contribution in [0.4, 0.5) is 0 Å². The van der Waals surface area contributed by atoms with Crippen LogP contribution >= 0.6 is 0 Å². The first kappa shape index (κ1) is 28.9.